The van der Waals surface area contributed by atoms with E-state index in [0.717, 1.165) is 10.9 Å². The summed E-state index contributed by atoms with van der Waals surface area (Å²) in [4.78, 5) is 0. The summed E-state index contributed by atoms with van der Waals surface area (Å²) in [5.74, 6) is 0. The van der Waals surface area contributed by atoms with E-state index in [9.17, 15) is 0 Å². The van der Waals surface area contributed by atoms with Crippen molar-refractivity contribution >= 4 is 44.0 Å². The van der Waals surface area contributed by atoms with E-state index in [0.29, 0.717) is 0 Å². The average molecular weight is 299 g/mol. The highest BCUT2D eigenvalue weighted by molar-refractivity contribution is 14.1. The minimum absolute atomic E-state index is 0.796. The first-order valence-electron chi connectivity index (χ1n) is 3.80. The molecule has 64 valence electrons. The first-order valence-corrected chi connectivity index (χ1v) is 5.75. The molecule has 0 aliphatic heterocycles. The summed E-state index contributed by atoms with van der Waals surface area (Å²) >= 11 is 3.92. The number of benzene rings is 1. The highest BCUT2D eigenvalue weighted by Gasteiger charge is 2.07. The van der Waals surface area contributed by atoms with E-state index < -0.39 is 0 Å². The van der Waals surface area contributed by atoms with Crippen LogP contribution in [0.3, 0.4) is 0 Å². The first-order chi connectivity index (χ1) is 6.22. The van der Waals surface area contributed by atoms with Crippen LogP contribution in [-0.2, 0) is 0 Å². The van der Waals surface area contributed by atoms with Crippen LogP contribution in [0.15, 0.2) is 17.5 Å². The zero-order valence-electron chi connectivity index (χ0n) is 6.97. The molecule has 1 heterocycles. The molecule has 2 aromatic rings. The Labute approximate surface area is 94.1 Å². The highest BCUT2D eigenvalue weighted by Crippen LogP contribution is 2.30. The Bertz CT molecular complexity index is 507. The van der Waals surface area contributed by atoms with Crippen molar-refractivity contribution in [3.63, 3.8) is 0 Å². The molecule has 1 nitrogen and oxygen atoms in total. The van der Waals surface area contributed by atoms with E-state index in [1.807, 2.05) is 5.38 Å². The van der Waals surface area contributed by atoms with Gasteiger partial charge in [-0.2, -0.15) is 5.26 Å². The third-order valence-corrected chi connectivity index (χ3v) is 3.67. The standard InChI is InChI=1S/C10H6INS/c1-6-2-8(11)10-7(4-12)5-13-9(10)3-6/h2-3,5H,1H3. The molecule has 0 saturated heterocycles. The van der Waals surface area contributed by atoms with Gasteiger partial charge >= 0.3 is 0 Å². The summed E-state index contributed by atoms with van der Waals surface area (Å²) in [6.45, 7) is 2.08. The monoisotopic (exact) mass is 299 g/mol. The molecule has 0 atom stereocenters. The topological polar surface area (TPSA) is 23.8 Å². The second-order valence-electron chi connectivity index (χ2n) is 2.88. The molecule has 1 aromatic heterocycles. The summed E-state index contributed by atoms with van der Waals surface area (Å²) < 4.78 is 2.38. The molecule has 0 aliphatic carbocycles. The second-order valence-corrected chi connectivity index (χ2v) is 4.95. The van der Waals surface area contributed by atoms with E-state index in [-0.39, 0.29) is 0 Å². The number of hydrogen-bond donors (Lipinski definition) is 0. The van der Waals surface area contributed by atoms with Gasteiger partial charge in [0, 0.05) is 19.0 Å². The quantitative estimate of drug-likeness (QED) is 0.681. The molecular formula is C10H6INS. The third-order valence-electron chi connectivity index (χ3n) is 1.89. The lowest BCUT2D eigenvalue weighted by atomic mass is 10.1. The molecule has 0 N–H and O–H groups in total. The number of halogens is 1. The summed E-state index contributed by atoms with van der Waals surface area (Å²) in [7, 11) is 0. The molecule has 0 aliphatic rings. The van der Waals surface area contributed by atoms with Crippen LogP contribution in [0.2, 0.25) is 0 Å². The molecule has 0 saturated carbocycles. The third kappa shape index (κ3) is 1.45. The Morgan fingerprint density at radius 2 is 2.23 bits per heavy atom. The summed E-state index contributed by atoms with van der Waals surface area (Å²) in [5.41, 5.74) is 2.05. The van der Waals surface area contributed by atoms with Crippen LogP contribution in [-0.4, -0.2) is 0 Å². The molecule has 13 heavy (non-hydrogen) atoms. The van der Waals surface area contributed by atoms with Crippen LogP contribution >= 0.6 is 33.9 Å². The van der Waals surface area contributed by atoms with Crippen LogP contribution in [0.25, 0.3) is 10.1 Å². The molecular weight excluding hydrogens is 293 g/mol. The second kappa shape index (κ2) is 3.28. The molecule has 0 fully saturated rings. The Morgan fingerprint density at radius 1 is 1.46 bits per heavy atom. The first kappa shape index (κ1) is 8.97. The van der Waals surface area contributed by atoms with Gasteiger partial charge in [-0.1, -0.05) is 0 Å². The fraction of sp³-hybridized carbons (Fsp3) is 0.100. The zero-order valence-corrected chi connectivity index (χ0v) is 9.94. The summed E-state index contributed by atoms with van der Waals surface area (Å²) in [6, 6.07) is 6.45. The lowest BCUT2D eigenvalue weighted by Crippen LogP contribution is -1.78. The molecule has 0 radical (unpaired) electrons. The van der Waals surface area contributed by atoms with E-state index >= 15 is 0 Å². The van der Waals surface area contributed by atoms with Gasteiger partial charge in [0.25, 0.3) is 0 Å². The molecule has 0 unspecified atom stereocenters. The van der Waals surface area contributed by atoms with Crippen molar-refractivity contribution in [1.82, 2.24) is 0 Å². The minimum atomic E-state index is 0.796. The average Bonchev–Trinajstić information content (AvgIpc) is 2.47. The Hall–Kier alpha value is -0.600. The number of hydrogen-bond acceptors (Lipinski definition) is 2. The van der Waals surface area contributed by atoms with Crippen LogP contribution in [0, 0.1) is 21.8 Å². The lowest BCUT2D eigenvalue weighted by molar-refractivity contribution is 1.49. The molecule has 0 amide bonds. The van der Waals surface area contributed by atoms with Gasteiger partial charge in [-0.15, -0.1) is 11.3 Å². The molecule has 1 aromatic carbocycles. The lowest BCUT2D eigenvalue weighted by Gasteiger charge is -1.97. The van der Waals surface area contributed by atoms with Crippen molar-refractivity contribution in [3.8, 4) is 6.07 Å². The van der Waals surface area contributed by atoms with Gasteiger partial charge in [-0.25, -0.2) is 0 Å². The van der Waals surface area contributed by atoms with E-state index in [1.54, 1.807) is 11.3 Å². The van der Waals surface area contributed by atoms with Crippen molar-refractivity contribution in [2.75, 3.05) is 0 Å². The van der Waals surface area contributed by atoms with E-state index in [2.05, 4.69) is 47.7 Å². The summed E-state index contributed by atoms with van der Waals surface area (Å²) in [6.07, 6.45) is 0. The van der Waals surface area contributed by atoms with Crippen molar-refractivity contribution in [2.24, 2.45) is 0 Å². The zero-order chi connectivity index (χ0) is 9.42. The SMILES string of the molecule is Cc1cc(I)c2c(C#N)csc2c1. The van der Waals surface area contributed by atoms with Crippen LogP contribution in [0.1, 0.15) is 11.1 Å². The normalized spacial score (nSPS) is 10.2. The largest absolute Gasteiger partial charge is 0.192 e. The van der Waals surface area contributed by atoms with Gasteiger partial charge < -0.3 is 0 Å². The Kier molecular flexibility index (Phi) is 2.26. The number of rotatable bonds is 0. The van der Waals surface area contributed by atoms with Gasteiger partial charge in [-0.05, 0) is 47.2 Å². The highest BCUT2D eigenvalue weighted by atomic mass is 127. The number of nitrogens with zero attached hydrogens (tertiary/aromatic N) is 1. The Morgan fingerprint density at radius 3 is 2.92 bits per heavy atom. The number of aryl methyl sites for hydroxylation is 1. The maximum absolute atomic E-state index is 8.87. The van der Waals surface area contributed by atoms with Gasteiger partial charge in [0.05, 0.1) is 5.56 Å². The molecule has 3 heteroatoms. The van der Waals surface area contributed by atoms with Crippen molar-refractivity contribution in [1.29, 1.82) is 5.26 Å². The smallest absolute Gasteiger partial charge is 0.101 e. The van der Waals surface area contributed by atoms with Crippen LogP contribution < -0.4 is 0 Å². The van der Waals surface area contributed by atoms with Crippen molar-refractivity contribution in [3.05, 3.63) is 32.2 Å². The van der Waals surface area contributed by atoms with Crippen LogP contribution in [0.5, 0.6) is 0 Å². The molecule has 0 spiro atoms. The maximum atomic E-state index is 8.87. The van der Waals surface area contributed by atoms with Gasteiger partial charge in [0.15, 0.2) is 0 Å². The number of nitriles is 1. The van der Waals surface area contributed by atoms with Gasteiger partial charge in [0.2, 0.25) is 0 Å². The van der Waals surface area contributed by atoms with Crippen molar-refractivity contribution in [2.45, 2.75) is 6.92 Å². The minimum Gasteiger partial charge on any atom is -0.192 e. The van der Waals surface area contributed by atoms with Gasteiger partial charge in [0.1, 0.15) is 6.07 Å². The van der Waals surface area contributed by atoms with Crippen LogP contribution in [0.4, 0.5) is 0 Å². The fourth-order valence-corrected chi connectivity index (χ4v) is 3.59. The maximum Gasteiger partial charge on any atom is 0.101 e. The molecule has 2 rings (SSSR count). The molecule has 0 bridgehead atoms. The van der Waals surface area contributed by atoms with Crippen molar-refractivity contribution < 1.29 is 0 Å². The van der Waals surface area contributed by atoms with E-state index in [1.165, 1.54) is 13.8 Å². The predicted molar refractivity (Wildman–Crippen MR) is 64.0 cm³/mol. The fourth-order valence-electron chi connectivity index (χ4n) is 1.33. The Balaban J connectivity index is 2.92. The van der Waals surface area contributed by atoms with E-state index in [4.69, 9.17) is 5.26 Å². The number of fused-ring (bicyclic) bond motifs is 1. The summed E-state index contributed by atoms with van der Waals surface area (Å²) in [5, 5.41) is 11.9. The number of thiophene rings is 1. The predicted octanol–water partition coefficient (Wildman–Crippen LogP) is 3.69. The van der Waals surface area contributed by atoms with Gasteiger partial charge in [-0.3, -0.25) is 0 Å².